The average molecular weight is 508 g/mol. The Bertz CT molecular complexity index is 1520. The number of guanidine groups is 4. The summed E-state index contributed by atoms with van der Waals surface area (Å²) in [5.74, 6) is -0.873. The predicted octanol–water partition coefficient (Wildman–Crippen LogP) is -0.685. The van der Waals surface area contributed by atoms with Crippen LogP contribution in [0.15, 0.2) is 88.5 Å². The van der Waals surface area contributed by atoms with Crippen molar-refractivity contribution in [2.45, 2.75) is 0 Å². The van der Waals surface area contributed by atoms with E-state index in [0.29, 0.717) is 0 Å². The van der Waals surface area contributed by atoms with E-state index in [2.05, 4.69) is 61.6 Å². The smallest absolute Gasteiger partial charge is 0.302 e. The van der Waals surface area contributed by atoms with Crippen LogP contribution in [0.5, 0.6) is 0 Å². The molecule has 4 heterocycles. The number of amides is 2. The van der Waals surface area contributed by atoms with Gasteiger partial charge >= 0.3 is 11.8 Å². The number of carbonyl (C=O) groups is 2. The SMILES string of the molecule is NC1=NC(=O)C2=NC(NNc3ccc(-c4ccc(NNC5=NC6=NC(N)=NC(=O)C6=N5)cc4)cc3)=NC2=N1. The summed E-state index contributed by atoms with van der Waals surface area (Å²) in [6.07, 6.45) is 0. The summed E-state index contributed by atoms with van der Waals surface area (Å²) in [4.78, 5) is 54.9. The zero-order valence-electron chi connectivity index (χ0n) is 19.2. The lowest BCUT2D eigenvalue weighted by molar-refractivity contribution is -0.112. The van der Waals surface area contributed by atoms with Gasteiger partial charge in [0, 0.05) is 0 Å². The van der Waals surface area contributed by atoms with Gasteiger partial charge in [-0.2, -0.15) is 30.0 Å². The van der Waals surface area contributed by atoms with Crippen LogP contribution in [0, 0.1) is 0 Å². The Morgan fingerprint density at radius 2 is 0.868 bits per heavy atom. The molecule has 8 N–H and O–H groups in total. The molecule has 2 aromatic rings. The van der Waals surface area contributed by atoms with Crippen molar-refractivity contribution in [1.29, 1.82) is 0 Å². The minimum absolute atomic E-state index is 0.0406. The van der Waals surface area contributed by atoms with Crippen molar-refractivity contribution in [2.24, 2.45) is 51.4 Å². The van der Waals surface area contributed by atoms with E-state index in [4.69, 9.17) is 11.5 Å². The fraction of sp³-hybridized carbons (Fsp3) is 0. The average Bonchev–Trinajstić information content (AvgIpc) is 3.51. The lowest BCUT2D eigenvalue weighted by Gasteiger charge is -2.10. The van der Waals surface area contributed by atoms with E-state index in [1.807, 2.05) is 48.5 Å². The molecule has 0 atom stereocenters. The Morgan fingerprint density at radius 1 is 0.474 bits per heavy atom. The molecule has 4 aliphatic heterocycles. The molecule has 16 heteroatoms. The lowest BCUT2D eigenvalue weighted by Crippen LogP contribution is -2.28. The number of rotatable bonds is 5. The Labute approximate surface area is 212 Å². The molecule has 0 fully saturated rings. The van der Waals surface area contributed by atoms with Crippen molar-refractivity contribution in [3.63, 3.8) is 0 Å². The number of nitrogens with two attached hydrogens (primary N) is 2. The molecule has 0 aliphatic carbocycles. The largest absolute Gasteiger partial charge is 0.368 e. The molecule has 4 aliphatic rings. The summed E-state index contributed by atoms with van der Waals surface area (Å²) in [5, 5.41) is 0. The number of carbonyl (C=O) groups excluding carboxylic acids is 2. The molecule has 0 unspecified atom stereocenters. The highest BCUT2D eigenvalue weighted by molar-refractivity contribution is 6.72. The first kappa shape index (κ1) is 22.4. The van der Waals surface area contributed by atoms with Crippen molar-refractivity contribution in [1.82, 2.24) is 10.9 Å². The summed E-state index contributed by atoms with van der Waals surface area (Å²) >= 11 is 0. The normalized spacial score (nSPS) is 17.5. The number of fused-ring (bicyclic) bond motifs is 2. The van der Waals surface area contributed by atoms with Crippen molar-refractivity contribution >= 4 is 70.1 Å². The Balaban J connectivity index is 1.04. The van der Waals surface area contributed by atoms with Crippen LogP contribution in [0.4, 0.5) is 11.4 Å². The van der Waals surface area contributed by atoms with Crippen LogP contribution in [-0.2, 0) is 9.59 Å². The number of aliphatic imine (C=N–C) groups is 8. The summed E-state index contributed by atoms with van der Waals surface area (Å²) in [7, 11) is 0. The standard InChI is InChI=1S/C22H16N14O2/c23-19-27-15-13(17(37)31-19)25-21(29-15)35-33-11-5-1-9(2-6-11)10-3-7-12(8-4-10)34-36-22-26-14-16(30-22)28-20(24)32-18(14)38/h1-8,33-34H,(H3,23,27,29,31,35,37)(H3,24,28,30,32,36,38). The van der Waals surface area contributed by atoms with E-state index >= 15 is 0 Å². The maximum absolute atomic E-state index is 11.8. The lowest BCUT2D eigenvalue weighted by atomic mass is 10.1. The molecule has 0 aromatic heterocycles. The van der Waals surface area contributed by atoms with Gasteiger partial charge in [0.05, 0.1) is 11.4 Å². The van der Waals surface area contributed by atoms with Crippen molar-refractivity contribution in [3.05, 3.63) is 48.5 Å². The molecule has 2 aromatic carbocycles. The summed E-state index contributed by atoms with van der Waals surface area (Å²) in [6.45, 7) is 0. The molecule has 6 rings (SSSR count). The number of hydrogen-bond acceptors (Lipinski definition) is 14. The highest BCUT2D eigenvalue weighted by Gasteiger charge is 2.29. The molecule has 0 radical (unpaired) electrons. The van der Waals surface area contributed by atoms with Gasteiger partial charge in [-0.1, -0.05) is 24.3 Å². The van der Waals surface area contributed by atoms with E-state index in [9.17, 15) is 9.59 Å². The number of anilines is 2. The summed E-state index contributed by atoms with van der Waals surface area (Å²) in [5.41, 5.74) is 26.1. The van der Waals surface area contributed by atoms with E-state index in [-0.39, 0.29) is 46.9 Å². The van der Waals surface area contributed by atoms with Gasteiger partial charge < -0.3 is 11.5 Å². The van der Waals surface area contributed by atoms with E-state index in [1.54, 1.807) is 0 Å². The Kier molecular flexibility index (Phi) is 5.23. The third-order valence-corrected chi connectivity index (χ3v) is 5.30. The number of hydrazine groups is 2. The molecule has 0 bridgehead atoms. The molecule has 0 spiro atoms. The highest BCUT2D eigenvalue weighted by Crippen LogP contribution is 2.23. The monoisotopic (exact) mass is 508 g/mol. The van der Waals surface area contributed by atoms with Gasteiger partial charge in [-0.3, -0.25) is 31.3 Å². The van der Waals surface area contributed by atoms with E-state index in [0.717, 1.165) is 22.5 Å². The molecule has 186 valence electrons. The zero-order valence-corrected chi connectivity index (χ0v) is 19.2. The van der Waals surface area contributed by atoms with Gasteiger partial charge in [-0.15, -0.1) is 0 Å². The fourth-order valence-corrected chi connectivity index (χ4v) is 3.55. The van der Waals surface area contributed by atoms with Gasteiger partial charge in [0.25, 0.3) is 0 Å². The van der Waals surface area contributed by atoms with Gasteiger partial charge in [-0.25, -0.2) is 9.98 Å². The van der Waals surface area contributed by atoms with Crippen molar-refractivity contribution in [3.8, 4) is 11.1 Å². The van der Waals surface area contributed by atoms with E-state index < -0.39 is 11.8 Å². The predicted molar refractivity (Wildman–Crippen MR) is 143 cm³/mol. The first-order valence-electron chi connectivity index (χ1n) is 11.0. The second kappa shape index (κ2) is 8.86. The first-order valence-corrected chi connectivity index (χ1v) is 11.0. The molecular formula is C22H16N14O2. The summed E-state index contributed by atoms with van der Waals surface area (Å²) in [6, 6.07) is 15.2. The van der Waals surface area contributed by atoms with Crippen LogP contribution < -0.4 is 33.2 Å². The molecule has 2 amide bonds. The van der Waals surface area contributed by atoms with E-state index in [1.165, 1.54) is 0 Å². The maximum Gasteiger partial charge on any atom is 0.302 e. The number of nitrogens with one attached hydrogen (secondary N) is 4. The minimum Gasteiger partial charge on any atom is -0.368 e. The third-order valence-electron chi connectivity index (χ3n) is 5.30. The maximum atomic E-state index is 11.8. The van der Waals surface area contributed by atoms with Crippen LogP contribution in [0.3, 0.4) is 0 Å². The van der Waals surface area contributed by atoms with Gasteiger partial charge in [0.2, 0.25) is 23.8 Å². The number of amidine groups is 2. The zero-order chi connectivity index (χ0) is 26.2. The number of nitrogens with zero attached hydrogens (tertiary/aromatic N) is 8. The quantitative estimate of drug-likeness (QED) is 0.282. The second-order valence-corrected chi connectivity index (χ2v) is 7.87. The third kappa shape index (κ3) is 4.35. The molecule has 38 heavy (non-hydrogen) atoms. The molecule has 0 saturated carbocycles. The Morgan fingerprint density at radius 3 is 1.26 bits per heavy atom. The Hall–Kier alpha value is -6.06. The van der Waals surface area contributed by atoms with Crippen LogP contribution in [0.1, 0.15) is 0 Å². The van der Waals surface area contributed by atoms with Crippen molar-refractivity contribution in [2.75, 3.05) is 10.9 Å². The van der Waals surface area contributed by atoms with Gasteiger partial charge in [0.1, 0.15) is 0 Å². The van der Waals surface area contributed by atoms with Gasteiger partial charge in [-0.05, 0) is 35.4 Å². The molecular weight excluding hydrogens is 492 g/mol. The summed E-state index contributed by atoms with van der Waals surface area (Å²) < 4.78 is 0. The fourth-order valence-electron chi connectivity index (χ4n) is 3.55. The van der Waals surface area contributed by atoms with Crippen LogP contribution in [-0.4, -0.2) is 58.7 Å². The van der Waals surface area contributed by atoms with Crippen molar-refractivity contribution < 1.29 is 9.59 Å². The van der Waals surface area contributed by atoms with Crippen LogP contribution in [0.2, 0.25) is 0 Å². The molecule has 16 nitrogen and oxygen atoms in total. The van der Waals surface area contributed by atoms with Gasteiger partial charge in [0.15, 0.2) is 23.1 Å². The second-order valence-electron chi connectivity index (χ2n) is 7.87. The van der Waals surface area contributed by atoms with Crippen LogP contribution in [0.25, 0.3) is 11.1 Å². The topological polar surface area (TPSA) is 233 Å². The minimum atomic E-state index is -0.583. The number of hydrogen-bond donors (Lipinski definition) is 6. The van der Waals surface area contributed by atoms with Crippen LogP contribution >= 0.6 is 0 Å². The highest BCUT2D eigenvalue weighted by atomic mass is 16.2. The molecule has 0 saturated heterocycles. The number of benzene rings is 2. The first-order chi connectivity index (χ1) is 18.4.